The van der Waals surface area contributed by atoms with Crippen molar-refractivity contribution >= 4 is 23.4 Å². The van der Waals surface area contributed by atoms with E-state index >= 15 is 0 Å². The summed E-state index contributed by atoms with van der Waals surface area (Å²) in [5, 5.41) is 4.16. The van der Waals surface area contributed by atoms with E-state index in [1.54, 1.807) is 0 Å². The molecule has 15 heavy (non-hydrogen) atoms. The summed E-state index contributed by atoms with van der Waals surface area (Å²) in [6.07, 6.45) is 1.20. The second-order valence-electron chi connectivity index (χ2n) is 3.38. The van der Waals surface area contributed by atoms with Crippen molar-refractivity contribution in [2.75, 3.05) is 12.3 Å². The Labute approximate surface area is 102 Å². The summed E-state index contributed by atoms with van der Waals surface area (Å²) < 4.78 is 0. The van der Waals surface area contributed by atoms with Crippen LogP contribution in [0.15, 0.2) is 23.1 Å². The van der Waals surface area contributed by atoms with E-state index in [1.807, 2.05) is 17.8 Å². The molecule has 0 saturated carbocycles. The highest BCUT2D eigenvalue weighted by molar-refractivity contribution is 7.99. The number of hydrogen-bond donors (Lipinski definition) is 1. The molecule has 0 bridgehead atoms. The Morgan fingerprint density at radius 2 is 2.13 bits per heavy atom. The lowest BCUT2D eigenvalue weighted by atomic mass is 10.2. The van der Waals surface area contributed by atoms with Crippen molar-refractivity contribution in [2.45, 2.75) is 31.7 Å². The van der Waals surface area contributed by atoms with Crippen LogP contribution in [0, 0.1) is 0 Å². The van der Waals surface area contributed by atoms with Gasteiger partial charge in [-0.1, -0.05) is 25.4 Å². The van der Waals surface area contributed by atoms with Crippen molar-refractivity contribution in [2.24, 2.45) is 0 Å². The molecule has 0 saturated heterocycles. The summed E-state index contributed by atoms with van der Waals surface area (Å²) in [5.74, 6) is 1.17. The summed E-state index contributed by atoms with van der Waals surface area (Å²) in [5.41, 5.74) is 1.31. The minimum absolute atomic E-state index is 0.823. The summed E-state index contributed by atoms with van der Waals surface area (Å²) >= 11 is 7.90. The molecule has 0 heterocycles. The lowest BCUT2D eigenvalue weighted by molar-refractivity contribution is 0.718. The minimum atomic E-state index is 0.823. The summed E-state index contributed by atoms with van der Waals surface area (Å²) in [4.78, 5) is 1.35. The van der Waals surface area contributed by atoms with E-state index in [1.165, 1.54) is 22.6 Å². The molecule has 0 radical (unpaired) electrons. The first kappa shape index (κ1) is 12.9. The first-order valence-electron chi connectivity index (χ1n) is 5.39. The lowest BCUT2D eigenvalue weighted by Gasteiger charge is -2.09. The van der Waals surface area contributed by atoms with Gasteiger partial charge in [-0.2, -0.15) is 0 Å². The molecule has 0 spiro atoms. The molecule has 1 nitrogen and oxygen atoms in total. The molecule has 84 valence electrons. The molecule has 0 aliphatic heterocycles. The van der Waals surface area contributed by atoms with Gasteiger partial charge in [0.2, 0.25) is 0 Å². The third-order valence-electron chi connectivity index (χ3n) is 2.05. The zero-order chi connectivity index (χ0) is 11.1. The van der Waals surface area contributed by atoms with Crippen LogP contribution in [-0.4, -0.2) is 12.3 Å². The van der Waals surface area contributed by atoms with E-state index in [0.717, 1.165) is 18.1 Å². The Morgan fingerprint density at radius 1 is 1.33 bits per heavy atom. The van der Waals surface area contributed by atoms with Crippen molar-refractivity contribution in [1.82, 2.24) is 5.32 Å². The largest absolute Gasteiger partial charge is 0.313 e. The molecule has 0 unspecified atom stereocenters. The van der Waals surface area contributed by atoms with Crippen LogP contribution in [0.25, 0.3) is 0 Å². The van der Waals surface area contributed by atoms with Crippen molar-refractivity contribution in [3.63, 3.8) is 0 Å². The first-order valence-corrected chi connectivity index (χ1v) is 6.76. The van der Waals surface area contributed by atoms with Gasteiger partial charge in [-0.3, -0.25) is 0 Å². The third-order valence-corrected chi connectivity index (χ3v) is 3.61. The molecule has 1 aromatic rings. The van der Waals surface area contributed by atoms with Gasteiger partial charge in [0.05, 0.1) is 0 Å². The van der Waals surface area contributed by atoms with Crippen LogP contribution in [0.2, 0.25) is 5.02 Å². The molecular weight excluding hydrogens is 226 g/mol. The molecule has 1 N–H and O–H groups in total. The van der Waals surface area contributed by atoms with Crippen LogP contribution in [-0.2, 0) is 6.54 Å². The quantitative estimate of drug-likeness (QED) is 0.760. The summed E-state index contributed by atoms with van der Waals surface area (Å²) in [6.45, 7) is 6.21. The minimum Gasteiger partial charge on any atom is -0.313 e. The Balaban J connectivity index is 2.73. The van der Waals surface area contributed by atoms with E-state index < -0.39 is 0 Å². The predicted octanol–water partition coefficient (Wildman–Crippen LogP) is 3.95. The number of hydrogen-bond acceptors (Lipinski definition) is 2. The fourth-order valence-electron chi connectivity index (χ4n) is 1.30. The monoisotopic (exact) mass is 243 g/mol. The topological polar surface area (TPSA) is 12.0 Å². The molecule has 0 aliphatic carbocycles. The predicted molar refractivity (Wildman–Crippen MR) is 69.8 cm³/mol. The number of rotatable bonds is 6. The van der Waals surface area contributed by atoms with Crippen LogP contribution in [0.3, 0.4) is 0 Å². The highest BCUT2D eigenvalue weighted by Crippen LogP contribution is 2.26. The van der Waals surface area contributed by atoms with Crippen LogP contribution in [0.4, 0.5) is 0 Å². The second-order valence-corrected chi connectivity index (χ2v) is 4.95. The molecule has 0 aliphatic rings. The highest BCUT2D eigenvalue weighted by Gasteiger charge is 2.03. The average molecular weight is 244 g/mol. The van der Waals surface area contributed by atoms with Gasteiger partial charge in [0.25, 0.3) is 0 Å². The number of nitrogens with one attached hydrogen (secondary N) is 1. The third kappa shape index (κ3) is 4.45. The van der Waals surface area contributed by atoms with Gasteiger partial charge in [0, 0.05) is 16.5 Å². The number of thioether (sulfide) groups is 1. The fourth-order valence-corrected chi connectivity index (χ4v) is 2.40. The zero-order valence-electron chi connectivity index (χ0n) is 9.35. The van der Waals surface area contributed by atoms with E-state index in [2.05, 4.69) is 31.3 Å². The molecule has 0 fully saturated rings. The standard InChI is InChI=1S/C12H18ClNS/c1-3-7-15-12-6-5-11(13)8-10(12)9-14-4-2/h5-6,8,14H,3-4,7,9H2,1-2H3. The van der Waals surface area contributed by atoms with E-state index in [9.17, 15) is 0 Å². The number of benzene rings is 1. The highest BCUT2D eigenvalue weighted by atomic mass is 35.5. The van der Waals surface area contributed by atoms with Crippen LogP contribution in [0.1, 0.15) is 25.8 Å². The molecule has 3 heteroatoms. The Bertz CT molecular complexity index is 302. The molecular formula is C12H18ClNS. The Hall–Kier alpha value is -0.180. The summed E-state index contributed by atoms with van der Waals surface area (Å²) in [7, 11) is 0. The molecule has 0 atom stereocenters. The number of halogens is 1. The van der Waals surface area contributed by atoms with Gasteiger partial charge in [0.15, 0.2) is 0 Å². The normalized spacial score (nSPS) is 10.6. The van der Waals surface area contributed by atoms with Crippen molar-refractivity contribution in [3.05, 3.63) is 28.8 Å². The van der Waals surface area contributed by atoms with E-state index in [0.29, 0.717) is 0 Å². The maximum absolute atomic E-state index is 5.99. The van der Waals surface area contributed by atoms with Gasteiger partial charge < -0.3 is 5.32 Å². The zero-order valence-corrected chi connectivity index (χ0v) is 10.9. The average Bonchev–Trinajstić information content (AvgIpc) is 2.25. The van der Waals surface area contributed by atoms with Gasteiger partial charge >= 0.3 is 0 Å². The van der Waals surface area contributed by atoms with Gasteiger partial charge in [0.1, 0.15) is 0 Å². The van der Waals surface area contributed by atoms with Crippen LogP contribution in [0.5, 0.6) is 0 Å². The van der Waals surface area contributed by atoms with Crippen LogP contribution < -0.4 is 5.32 Å². The molecule has 0 aromatic heterocycles. The molecule has 1 aromatic carbocycles. The van der Waals surface area contributed by atoms with Crippen molar-refractivity contribution < 1.29 is 0 Å². The maximum atomic E-state index is 5.99. The van der Waals surface area contributed by atoms with E-state index in [-0.39, 0.29) is 0 Å². The second kappa shape index (κ2) is 7.15. The Morgan fingerprint density at radius 3 is 2.80 bits per heavy atom. The molecule has 1 rings (SSSR count). The maximum Gasteiger partial charge on any atom is 0.0410 e. The Kier molecular flexibility index (Phi) is 6.15. The van der Waals surface area contributed by atoms with Gasteiger partial charge in [-0.25, -0.2) is 0 Å². The lowest BCUT2D eigenvalue weighted by Crippen LogP contribution is -2.12. The van der Waals surface area contributed by atoms with Gasteiger partial charge in [-0.15, -0.1) is 11.8 Å². The van der Waals surface area contributed by atoms with Crippen molar-refractivity contribution in [3.8, 4) is 0 Å². The SMILES string of the molecule is CCCSc1ccc(Cl)cc1CNCC. The van der Waals surface area contributed by atoms with Gasteiger partial charge in [-0.05, 0) is 42.5 Å². The van der Waals surface area contributed by atoms with E-state index in [4.69, 9.17) is 11.6 Å². The fraction of sp³-hybridized carbons (Fsp3) is 0.500. The molecule has 0 amide bonds. The van der Waals surface area contributed by atoms with Crippen LogP contribution >= 0.6 is 23.4 Å². The summed E-state index contributed by atoms with van der Waals surface area (Å²) in [6, 6.07) is 6.15. The van der Waals surface area contributed by atoms with Crippen molar-refractivity contribution in [1.29, 1.82) is 0 Å². The first-order chi connectivity index (χ1) is 7.27. The smallest absolute Gasteiger partial charge is 0.0410 e.